The molecule has 1 aromatic heterocycles. The van der Waals surface area contributed by atoms with Crippen molar-refractivity contribution in [3.63, 3.8) is 0 Å². The van der Waals surface area contributed by atoms with E-state index >= 15 is 0 Å². The molecule has 4 nitrogen and oxygen atoms in total. The SMILES string of the molecule is CCOC(=O)C(NCc1ccccc1)c1nccs1. The van der Waals surface area contributed by atoms with Crippen LogP contribution in [0.2, 0.25) is 0 Å². The van der Waals surface area contributed by atoms with Crippen molar-refractivity contribution in [2.45, 2.75) is 19.5 Å². The van der Waals surface area contributed by atoms with E-state index in [1.807, 2.05) is 35.7 Å². The molecule has 2 aromatic rings. The molecule has 0 bridgehead atoms. The summed E-state index contributed by atoms with van der Waals surface area (Å²) in [5.41, 5.74) is 1.12. The van der Waals surface area contributed by atoms with Crippen molar-refractivity contribution >= 4 is 17.3 Å². The van der Waals surface area contributed by atoms with Crippen molar-refractivity contribution < 1.29 is 9.53 Å². The summed E-state index contributed by atoms with van der Waals surface area (Å²) in [5, 5.41) is 5.78. The minimum Gasteiger partial charge on any atom is -0.465 e. The lowest BCUT2D eigenvalue weighted by atomic mass is 10.2. The van der Waals surface area contributed by atoms with Gasteiger partial charge in [-0.25, -0.2) is 9.78 Å². The summed E-state index contributed by atoms with van der Waals surface area (Å²) in [7, 11) is 0. The molecule has 0 fully saturated rings. The Balaban J connectivity index is 2.04. The molecule has 100 valence electrons. The van der Waals surface area contributed by atoms with Gasteiger partial charge in [0.1, 0.15) is 5.01 Å². The van der Waals surface area contributed by atoms with Crippen LogP contribution in [0.5, 0.6) is 0 Å². The lowest BCUT2D eigenvalue weighted by Crippen LogP contribution is -2.29. The largest absolute Gasteiger partial charge is 0.465 e. The minimum atomic E-state index is -0.500. The number of benzene rings is 1. The van der Waals surface area contributed by atoms with Gasteiger partial charge in [0, 0.05) is 18.1 Å². The van der Waals surface area contributed by atoms with Crippen LogP contribution in [0.1, 0.15) is 23.5 Å². The number of carbonyl (C=O) groups excluding carboxylic acids is 1. The van der Waals surface area contributed by atoms with E-state index in [4.69, 9.17) is 4.74 Å². The second-order valence-corrected chi connectivity index (χ2v) is 4.85. The Morgan fingerprint density at radius 1 is 1.42 bits per heavy atom. The molecule has 0 radical (unpaired) electrons. The van der Waals surface area contributed by atoms with Gasteiger partial charge in [-0.2, -0.15) is 0 Å². The summed E-state index contributed by atoms with van der Waals surface area (Å²) in [4.78, 5) is 16.1. The highest BCUT2D eigenvalue weighted by molar-refractivity contribution is 7.09. The van der Waals surface area contributed by atoms with Crippen molar-refractivity contribution in [3.8, 4) is 0 Å². The fourth-order valence-corrected chi connectivity index (χ4v) is 2.39. The molecule has 1 N–H and O–H groups in total. The molecular weight excluding hydrogens is 260 g/mol. The Morgan fingerprint density at radius 3 is 2.84 bits per heavy atom. The van der Waals surface area contributed by atoms with Crippen LogP contribution in [0.25, 0.3) is 0 Å². The third-order valence-corrected chi connectivity index (χ3v) is 3.41. The maximum Gasteiger partial charge on any atom is 0.330 e. The van der Waals surface area contributed by atoms with Crippen molar-refractivity contribution in [3.05, 3.63) is 52.5 Å². The number of esters is 1. The van der Waals surface area contributed by atoms with Gasteiger partial charge in [-0.05, 0) is 12.5 Å². The monoisotopic (exact) mass is 276 g/mol. The van der Waals surface area contributed by atoms with Crippen LogP contribution in [0.4, 0.5) is 0 Å². The smallest absolute Gasteiger partial charge is 0.330 e. The predicted octanol–water partition coefficient (Wildman–Crippen LogP) is 2.54. The first-order chi connectivity index (χ1) is 9.31. The van der Waals surface area contributed by atoms with Crippen LogP contribution < -0.4 is 5.32 Å². The number of ether oxygens (including phenoxy) is 1. The lowest BCUT2D eigenvalue weighted by Gasteiger charge is -2.15. The molecule has 5 heteroatoms. The number of thiazole rings is 1. The van der Waals surface area contributed by atoms with Gasteiger partial charge in [0.2, 0.25) is 0 Å². The van der Waals surface area contributed by atoms with Gasteiger partial charge in [0.25, 0.3) is 0 Å². The average Bonchev–Trinajstić information content (AvgIpc) is 2.94. The van der Waals surface area contributed by atoms with Crippen molar-refractivity contribution in [2.75, 3.05) is 6.61 Å². The van der Waals surface area contributed by atoms with E-state index in [1.54, 1.807) is 13.1 Å². The van der Waals surface area contributed by atoms with Crippen LogP contribution in [-0.4, -0.2) is 17.6 Å². The zero-order chi connectivity index (χ0) is 13.5. The molecule has 2 rings (SSSR count). The quantitative estimate of drug-likeness (QED) is 0.824. The number of hydrogen-bond donors (Lipinski definition) is 1. The second kappa shape index (κ2) is 7.01. The molecular formula is C14H16N2O2S. The first kappa shape index (κ1) is 13.7. The summed E-state index contributed by atoms with van der Waals surface area (Å²) >= 11 is 1.45. The highest BCUT2D eigenvalue weighted by atomic mass is 32.1. The maximum absolute atomic E-state index is 11.9. The van der Waals surface area contributed by atoms with Gasteiger partial charge in [0.05, 0.1) is 6.61 Å². The maximum atomic E-state index is 11.9. The molecule has 0 amide bonds. The number of hydrogen-bond acceptors (Lipinski definition) is 5. The van der Waals surface area contributed by atoms with Crippen LogP contribution in [0, 0.1) is 0 Å². The lowest BCUT2D eigenvalue weighted by molar-refractivity contribution is -0.145. The van der Waals surface area contributed by atoms with Gasteiger partial charge in [-0.1, -0.05) is 30.3 Å². The predicted molar refractivity (Wildman–Crippen MR) is 74.8 cm³/mol. The Morgan fingerprint density at radius 2 is 2.21 bits per heavy atom. The number of aromatic nitrogens is 1. The zero-order valence-corrected chi connectivity index (χ0v) is 11.5. The van der Waals surface area contributed by atoms with Gasteiger partial charge in [-0.15, -0.1) is 11.3 Å². The van der Waals surface area contributed by atoms with E-state index in [9.17, 15) is 4.79 Å². The molecule has 19 heavy (non-hydrogen) atoms. The number of carbonyl (C=O) groups is 1. The Labute approximate surface area is 116 Å². The van der Waals surface area contributed by atoms with Gasteiger partial charge in [0.15, 0.2) is 6.04 Å². The number of nitrogens with zero attached hydrogens (tertiary/aromatic N) is 1. The zero-order valence-electron chi connectivity index (χ0n) is 10.7. The van der Waals surface area contributed by atoms with E-state index in [-0.39, 0.29) is 5.97 Å². The molecule has 0 saturated carbocycles. The summed E-state index contributed by atoms with van der Waals surface area (Å²) in [6.45, 7) is 2.77. The molecule has 1 aromatic carbocycles. The first-order valence-corrected chi connectivity index (χ1v) is 7.02. The van der Waals surface area contributed by atoms with E-state index in [1.165, 1.54) is 11.3 Å². The van der Waals surface area contributed by atoms with E-state index < -0.39 is 6.04 Å². The second-order valence-electron chi connectivity index (χ2n) is 3.92. The van der Waals surface area contributed by atoms with Crippen molar-refractivity contribution in [2.24, 2.45) is 0 Å². The molecule has 1 heterocycles. The van der Waals surface area contributed by atoms with Crippen molar-refractivity contribution in [1.82, 2.24) is 10.3 Å². The molecule has 1 atom stereocenters. The van der Waals surface area contributed by atoms with Crippen LogP contribution >= 0.6 is 11.3 Å². The fraction of sp³-hybridized carbons (Fsp3) is 0.286. The number of nitrogens with one attached hydrogen (secondary N) is 1. The van der Waals surface area contributed by atoms with Gasteiger partial charge >= 0.3 is 5.97 Å². The minimum absolute atomic E-state index is 0.284. The molecule has 0 aliphatic rings. The van der Waals surface area contributed by atoms with Crippen molar-refractivity contribution in [1.29, 1.82) is 0 Å². The first-order valence-electron chi connectivity index (χ1n) is 6.14. The third-order valence-electron chi connectivity index (χ3n) is 2.57. The Kier molecular flexibility index (Phi) is 5.06. The van der Waals surface area contributed by atoms with E-state index in [0.29, 0.717) is 13.2 Å². The van der Waals surface area contributed by atoms with Crippen LogP contribution in [-0.2, 0) is 16.1 Å². The standard InChI is InChI=1S/C14H16N2O2S/c1-2-18-14(17)12(13-15-8-9-19-13)16-10-11-6-4-3-5-7-11/h3-9,12,16H,2,10H2,1H3. The fourth-order valence-electron chi connectivity index (χ4n) is 1.69. The third kappa shape index (κ3) is 3.87. The highest BCUT2D eigenvalue weighted by Crippen LogP contribution is 2.18. The average molecular weight is 276 g/mol. The molecule has 0 aliphatic carbocycles. The Hall–Kier alpha value is -1.72. The van der Waals surface area contributed by atoms with E-state index in [0.717, 1.165) is 10.6 Å². The van der Waals surface area contributed by atoms with Gasteiger partial charge in [-0.3, -0.25) is 5.32 Å². The van der Waals surface area contributed by atoms with Gasteiger partial charge < -0.3 is 4.74 Å². The van der Waals surface area contributed by atoms with E-state index in [2.05, 4.69) is 10.3 Å². The molecule has 0 spiro atoms. The van der Waals surface area contributed by atoms with Crippen LogP contribution in [0.15, 0.2) is 41.9 Å². The summed E-state index contributed by atoms with van der Waals surface area (Å²) in [5.74, 6) is -0.284. The Bertz CT molecular complexity index is 499. The number of rotatable bonds is 6. The normalized spacial score (nSPS) is 12.1. The molecule has 1 unspecified atom stereocenters. The topological polar surface area (TPSA) is 51.2 Å². The van der Waals surface area contributed by atoms with Crippen LogP contribution in [0.3, 0.4) is 0 Å². The summed E-state index contributed by atoms with van der Waals surface area (Å²) in [6, 6.07) is 9.43. The summed E-state index contributed by atoms with van der Waals surface area (Å²) in [6.07, 6.45) is 1.69. The molecule has 0 saturated heterocycles. The molecule has 0 aliphatic heterocycles. The summed E-state index contributed by atoms with van der Waals surface area (Å²) < 4.78 is 5.08. The highest BCUT2D eigenvalue weighted by Gasteiger charge is 2.23.